The average molecular weight is 387 g/mol. The summed E-state index contributed by atoms with van der Waals surface area (Å²) in [6.45, 7) is 0.309. The normalized spacial score (nSPS) is 11.1. The van der Waals surface area contributed by atoms with Crippen LogP contribution in [0.15, 0.2) is 52.8 Å². The van der Waals surface area contributed by atoms with Gasteiger partial charge in [-0.15, -0.1) is 0 Å². The Balaban J connectivity index is 2.00. The molecule has 0 saturated carbocycles. The van der Waals surface area contributed by atoms with E-state index >= 15 is 0 Å². The van der Waals surface area contributed by atoms with Crippen LogP contribution in [0.1, 0.15) is 41.8 Å². The van der Waals surface area contributed by atoms with Crippen molar-refractivity contribution < 1.29 is 28.3 Å². The zero-order valence-electron chi connectivity index (χ0n) is 15.1. The van der Waals surface area contributed by atoms with E-state index < -0.39 is 23.6 Å². The Bertz CT molecular complexity index is 829. The Kier molecular flexibility index (Phi) is 7.95. The zero-order valence-corrected chi connectivity index (χ0v) is 15.1. The van der Waals surface area contributed by atoms with Gasteiger partial charge in [0.2, 0.25) is 0 Å². The lowest BCUT2D eigenvalue weighted by atomic mass is 10.1. The third kappa shape index (κ3) is 7.06. The molecule has 1 aromatic heterocycles. The molecule has 0 aliphatic rings. The highest BCUT2D eigenvalue weighted by atomic mass is 19.1. The van der Waals surface area contributed by atoms with Crippen molar-refractivity contribution >= 4 is 23.9 Å². The molecule has 148 valence electrons. The third-order valence-electron chi connectivity index (χ3n) is 3.76. The fourth-order valence-corrected chi connectivity index (χ4v) is 2.34. The van der Waals surface area contributed by atoms with Crippen LogP contribution in [0.5, 0.6) is 0 Å². The molecule has 2 N–H and O–H groups in total. The number of hydrogen-bond acceptors (Lipinski definition) is 5. The van der Waals surface area contributed by atoms with Gasteiger partial charge in [-0.2, -0.15) is 0 Å². The number of halogens is 1. The third-order valence-corrected chi connectivity index (χ3v) is 3.76. The molecule has 2 rings (SSSR count). The van der Waals surface area contributed by atoms with E-state index in [1.807, 2.05) is 0 Å². The van der Waals surface area contributed by atoms with Gasteiger partial charge in [-0.05, 0) is 55.2 Å². The molecule has 28 heavy (non-hydrogen) atoms. The molecule has 0 saturated heterocycles. The van der Waals surface area contributed by atoms with Gasteiger partial charge in [0.1, 0.15) is 11.5 Å². The second kappa shape index (κ2) is 10.7. The summed E-state index contributed by atoms with van der Waals surface area (Å²) >= 11 is 0. The van der Waals surface area contributed by atoms with Gasteiger partial charge in [0.05, 0.1) is 6.26 Å². The molecule has 0 aliphatic heterocycles. The van der Waals surface area contributed by atoms with Crippen LogP contribution >= 0.6 is 0 Å². The fourth-order valence-electron chi connectivity index (χ4n) is 2.34. The van der Waals surface area contributed by atoms with Crippen LogP contribution in [-0.4, -0.2) is 24.3 Å². The number of furan rings is 1. The molecular weight excluding hydrogens is 367 g/mol. The van der Waals surface area contributed by atoms with Crippen LogP contribution < -0.4 is 15.7 Å². The van der Waals surface area contributed by atoms with E-state index in [2.05, 4.69) is 10.6 Å². The quantitative estimate of drug-likeness (QED) is 0.475. The average Bonchev–Trinajstić information content (AvgIpc) is 3.20. The number of aliphatic carboxylic acids is 1. The van der Waals surface area contributed by atoms with Crippen molar-refractivity contribution in [1.82, 2.24) is 10.6 Å². The van der Waals surface area contributed by atoms with Crippen LogP contribution in [0.4, 0.5) is 4.39 Å². The van der Waals surface area contributed by atoms with Gasteiger partial charge in [0, 0.05) is 12.5 Å². The summed E-state index contributed by atoms with van der Waals surface area (Å²) in [7, 11) is 0. The van der Waals surface area contributed by atoms with Crippen molar-refractivity contribution in [1.29, 1.82) is 0 Å². The maximum absolute atomic E-state index is 13.1. The van der Waals surface area contributed by atoms with Gasteiger partial charge in [0.25, 0.3) is 11.8 Å². The molecule has 0 unspecified atom stereocenters. The minimum atomic E-state index is -1.10. The van der Waals surface area contributed by atoms with Crippen LogP contribution in [-0.2, 0) is 9.59 Å². The predicted octanol–water partition coefficient (Wildman–Crippen LogP) is 1.62. The first-order valence-corrected chi connectivity index (χ1v) is 8.76. The lowest BCUT2D eigenvalue weighted by Gasteiger charge is -2.10. The summed E-state index contributed by atoms with van der Waals surface area (Å²) in [5, 5.41) is 15.5. The van der Waals surface area contributed by atoms with Crippen molar-refractivity contribution in [2.24, 2.45) is 0 Å². The largest absolute Gasteiger partial charge is 0.550 e. The van der Waals surface area contributed by atoms with Crippen LogP contribution in [0, 0.1) is 5.82 Å². The number of carbonyl (C=O) groups excluding carboxylic acids is 3. The Morgan fingerprint density at radius 3 is 2.46 bits per heavy atom. The Morgan fingerprint density at radius 1 is 1.07 bits per heavy atom. The first-order chi connectivity index (χ1) is 13.5. The van der Waals surface area contributed by atoms with Gasteiger partial charge in [-0.3, -0.25) is 9.59 Å². The number of carboxylic acid groups (broad SMARTS) is 1. The highest BCUT2D eigenvalue weighted by molar-refractivity contribution is 6.04. The highest BCUT2D eigenvalue weighted by Gasteiger charge is 2.16. The molecule has 1 aromatic carbocycles. The molecule has 0 fully saturated rings. The van der Waals surface area contributed by atoms with E-state index in [-0.39, 0.29) is 17.9 Å². The zero-order chi connectivity index (χ0) is 20.4. The molecule has 2 aromatic rings. The number of benzene rings is 1. The van der Waals surface area contributed by atoms with Crippen molar-refractivity contribution in [3.05, 3.63) is 65.5 Å². The number of unbranched alkanes of at least 4 members (excludes halogenated alkanes) is 2. The molecule has 0 atom stereocenters. The van der Waals surface area contributed by atoms with Gasteiger partial charge in [-0.25, -0.2) is 4.39 Å². The number of amides is 2. The highest BCUT2D eigenvalue weighted by Crippen LogP contribution is 2.09. The van der Waals surface area contributed by atoms with Crippen LogP contribution in [0.2, 0.25) is 0 Å². The van der Waals surface area contributed by atoms with Crippen LogP contribution in [0.3, 0.4) is 0 Å². The summed E-state index contributed by atoms with van der Waals surface area (Å²) in [6, 6.07) is 8.44. The smallest absolute Gasteiger partial charge is 0.291 e. The maximum atomic E-state index is 13.1. The van der Waals surface area contributed by atoms with Crippen molar-refractivity contribution in [3.8, 4) is 0 Å². The summed E-state index contributed by atoms with van der Waals surface area (Å²) in [5.74, 6) is -2.60. The van der Waals surface area contributed by atoms with Gasteiger partial charge < -0.3 is 25.0 Å². The lowest BCUT2D eigenvalue weighted by molar-refractivity contribution is -0.305. The molecule has 8 heteroatoms. The van der Waals surface area contributed by atoms with E-state index in [1.54, 1.807) is 6.07 Å². The van der Waals surface area contributed by atoms with E-state index in [0.717, 1.165) is 0 Å². The summed E-state index contributed by atoms with van der Waals surface area (Å²) in [4.78, 5) is 35.0. The van der Waals surface area contributed by atoms with E-state index in [0.29, 0.717) is 31.4 Å². The topological polar surface area (TPSA) is 111 Å². The lowest BCUT2D eigenvalue weighted by Crippen LogP contribution is -2.35. The minimum absolute atomic E-state index is 0.0249. The van der Waals surface area contributed by atoms with E-state index in [4.69, 9.17) is 4.42 Å². The second-order valence-electron chi connectivity index (χ2n) is 5.98. The number of carboxylic acids is 1. The number of nitrogens with one attached hydrogen (secondary N) is 2. The number of carbonyl (C=O) groups is 3. The molecular formula is C20H20FN2O5-. The fraction of sp³-hybridized carbons (Fsp3) is 0.250. The van der Waals surface area contributed by atoms with E-state index in [1.165, 1.54) is 42.7 Å². The molecule has 0 radical (unpaired) electrons. The van der Waals surface area contributed by atoms with Gasteiger partial charge in [0.15, 0.2) is 5.76 Å². The number of hydrogen-bond donors (Lipinski definition) is 2. The van der Waals surface area contributed by atoms with Crippen molar-refractivity contribution in [2.45, 2.75) is 25.7 Å². The minimum Gasteiger partial charge on any atom is -0.550 e. The first-order valence-electron chi connectivity index (χ1n) is 8.76. The SMILES string of the molecule is O=C([O-])CCCCCNC(=O)/C(=C\c1ccc(F)cc1)NC(=O)c1ccco1. The molecule has 0 spiro atoms. The monoisotopic (exact) mass is 387 g/mol. The van der Waals surface area contributed by atoms with E-state index in [9.17, 15) is 23.9 Å². The first kappa shape index (κ1) is 20.9. The standard InChI is InChI=1S/C20H21FN2O5/c21-15-9-7-14(8-10-15)13-16(23-20(27)17-5-4-12-28-17)19(26)22-11-3-1-2-6-18(24)25/h4-5,7-10,12-13H,1-3,6,11H2,(H,22,26)(H,23,27)(H,24,25)/p-1/b16-13+. The van der Waals surface area contributed by atoms with Crippen molar-refractivity contribution in [2.75, 3.05) is 6.54 Å². The Morgan fingerprint density at radius 2 is 1.82 bits per heavy atom. The molecule has 0 bridgehead atoms. The Labute approximate surface area is 161 Å². The Hall–Kier alpha value is -3.42. The molecule has 2 amide bonds. The maximum Gasteiger partial charge on any atom is 0.291 e. The summed E-state index contributed by atoms with van der Waals surface area (Å²) in [5.41, 5.74) is 0.503. The van der Waals surface area contributed by atoms with Gasteiger partial charge in [-0.1, -0.05) is 18.6 Å². The second-order valence-corrected chi connectivity index (χ2v) is 5.98. The molecule has 7 nitrogen and oxygen atoms in total. The molecule has 0 aliphatic carbocycles. The number of rotatable bonds is 10. The summed E-state index contributed by atoms with van der Waals surface area (Å²) in [6.07, 6.45) is 4.39. The summed E-state index contributed by atoms with van der Waals surface area (Å²) < 4.78 is 18.1. The molecule has 1 heterocycles. The van der Waals surface area contributed by atoms with Gasteiger partial charge >= 0.3 is 0 Å². The predicted molar refractivity (Wildman–Crippen MR) is 97.0 cm³/mol. The van der Waals surface area contributed by atoms with Crippen molar-refractivity contribution in [3.63, 3.8) is 0 Å². The van der Waals surface area contributed by atoms with Crippen LogP contribution in [0.25, 0.3) is 6.08 Å².